The molecule has 2 unspecified atom stereocenters. The van der Waals surface area contributed by atoms with Gasteiger partial charge in [0.05, 0.1) is 6.54 Å². The summed E-state index contributed by atoms with van der Waals surface area (Å²) in [5.41, 5.74) is 4.99. The molecule has 186 valence electrons. The molecule has 34 heavy (non-hydrogen) atoms. The van der Waals surface area contributed by atoms with Crippen LogP contribution < -0.4 is 15.8 Å². The second-order valence-electron chi connectivity index (χ2n) is 12.5. The number of carbonyl (C=O) groups is 1. The molecule has 7 rings (SSSR count). The molecule has 7 heteroatoms. The highest BCUT2D eigenvalue weighted by atomic mass is 17.3. The Kier molecular flexibility index (Phi) is 5.48. The van der Waals surface area contributed by atoms with E-state index in [2.05, 4.69) is 23.2 Å². The van der Waals surface area contributed by atoms with Crippen LogP contribution in [0.1, 0.15) is 83.1 Å². The van der Waals surface area contributed by atoms with Crippen LogP contribution in [0.4, 0.5) is 4.79 Å². The van der Waals surface area contributed by atoms with E-state index in [1.54, 1.807) is 0 Å². The van der Waals surface area contributed by atoms with Gasteiger partial charge in [-0.05, 0) is 94.2 Å². The molecule has 5 saturated carbocycles. The van der Waals surface area contributed by atoms with Gasteiger partial charge in [0, 0.05) is 24.7 Å². The van der Waals surface area contributed by atoms with Gasteiger partial charge in [-0.2, -0.15) is 9.78 Å². The number of carbonyl (C=O) groups excluding carboxylic acids is 1. The number of rotatable bonds is 4. The van der Waals surface area contributed by atoms with Gasteiger partial charge in [0.25, 0.3) is 0 Å². The standard InChI is InChI=1S/C27H38N2O5/c1-25(2,28)16-29-24(30)31-23-7-5-19(6-8-23)20-4-3-9-26(15-20)32-27(34-33-26)21-11-17-10-18(13-21)14-22(27)12-17/h5-8,17-18,20-22H,3-4,9-16,28H2,1-2H3,(H,29,30)/p+1. The molecule has 1 saturated heterocycles. The summed E-state index contributed by atoms with van der Waals surface area (Å²) in [4.78, 5) is 24.4. The van der Waals surface area contributed by atoms with Gasteiger partial charge in [-0.3, -0.25) is 0 Å². The zero-order chi connectivity index (χ0) is 23.6. The van der Waals surface area contributed by atoms with E-state index < -0.39 is 17.7 Å². The third kappa shape index (κ3) is 4.15. The molecule has 6 fully saturated rings. The van der Waals surface area contributed by atoms with Crippen LogP contribution >= 0.6 is 0 Å². The largest absolute Gasteiger partial charge is 0.412 e. The zero-order valence-corrected chi connectivity index (χ0v) is 20.5. The summed E-state index contributed by atoms with van der Waals surface area (Å²) in [6.07, 6.45) is 9.73. The number of nitrogens with one attached hydrogen (secondary N) is 1. The van der Waals surface area contributed by atoms with Crippen molar-refractivity contribution in [1.29, 1.82) is 0 Å². The number of ether oxygens (including phenoxy) is 2. The van der Waals surface area contributed by atoms with Crippen molar-refractivity contribution in [3.8, 4) is 5.75 Å². The van der Waals surface area contributed by atoms with Crippen molar-refractivity contribution in [2.75, 3.05) is 6.54 Å². The minimum Gasteiger partial charge on any atom is -0.410 e. The average molecular weight is 472 g/mol. The normalized spacial score (nSPS) is 40.7. The highest BCUT2D eigenvalue weighted by molar-refractivity contribution is 5.70. The molecule has 1 aromatic carbocycles. The van der Waals surface area contributed by atoms with Crippen LogP contribution in [0.3, 0.4) is 0 Å². The fourth-order valence-electron chi connectivity index (χ4n) is 7.52. The number of quaternary nitrogens is 1. The van der Waals surface area contributed by atoms with E-state index in [4.69, 9.17) is 19.2 Å². The Morgan fingerprint density at radius 3 is 2.41 bits per heavy atom. The molecule has 4 N–H and O–H groups in total. The fraction of sp³-hybridized carbons (Fsp3) is 0.741. The van der Waals surface area contributed by atoms with Gasteiger partial charge in [0.2, 0.25) is 11.6 Å². The third-order valence-corrected chi connectivity index (χ3v) is 8.89. The van der Waals surface area contributed by atoms with E-state index in [1.807, 2.05) is 26.0 Å². The number of hydrogen-bond donors (Lipinski definition) is 2. The Hall–Kier alpha value is -1.67. The van der Waals surface area contributed by atoms with Crippen molar-refractivity contribution >= 4 is 6.09 Å². The summed E-state index contributed by atoms with van der Waals surface area (Å²) >= 11 is 0. The van der Waals surface area contributed by atoms with Crippen LogP contribution in [0.2, 0.25) is 0 Å². The van der Waals surface area contributed by atoms with Gasteiger partial charge >= 0.3 is 6.09 Å². The maximum atomic E-state index is 12.1. The number of benzene rings is 1. The molecular weight excluding hydrogens is 432 g/mol. The molecule has 7 nitrogen and oxygen atoms in total. The van der Waals surface area contributed by atoms with Crippen LogP contribution in [0.5, 0.6) is 5.75 Å². The Morgan fingerprint density at radius 1 is 1.09 bits per heavy atom. The first-order valence-electron chi connectivity index (χ1n) is 13.2. The zero-order valence-electron chi connectivity index (χ0n) is 20.5. The number of amides is 1. The first-order chi connectivity index (χ1) is 16.2. The number of hydrogen-bond acceptors (Lipinski definition) is 5. The van der Waals surface area contributed by atoms with E-state index in [-0.39, 0.29) is 5.54 Å². The van der Waals surface area contributed by atoms with Crippen LogP contribution in [0, 0.1) is 23.7 Å². The minimum absolute atomic E-state index is 0.233. The minimum atomic E-state index is -0.631. The molecule has 1 aromatic rings. The van der Waals surface area contributed by atoms with E-state index in [1.165, 1.54) is 37.7 Å². The first-order valence-corrected chi connectivity index (χ1v) is 13.2. The highest BCUT2D eigenvalue weighted by Gasteiger charge is 2.67. The molecule has 1 aliphatic heterocycles. The Balaban J connectivity index is 1.10. The van der Waals surface area contributed by atoms with E-state index >= 15 is 0 Å². The van der Waals surface area contributed by atoms with Crippen LogP contribution in [-0.4, -0.2) is 29.8 Å². The maximum absolute atomic E-state index is 12.1. The monoisotopic (exact) mass is 471 g/mol. The van der Waals surface area contributed by atoms with E-state index in [0.29, 0.717) is 30.0 Å². The molecule has 0 radical (unpaired) electrons. The lowest BCUT2D eigenvalue weighted by atomic mass is 9.53. The summed E-state index contributed by atoms with van der Waals surface area (Å²) in [6.45, 7) is 4.39. The first kappa shape index (κ1) is 22.8. The molecular formula is C27H39N2O5+. The molecule has 6 aliphatic rings. The van der Waals surface area contributed by atoms with E-state index in [0.717, 1.165) is 37.5 Å². The lowest BCUT2D eigenvalue weighted by Gasteiger charge is -2.57. The molecule has 1 amide bonds. The predicted octanol–water partition coefficient (Wildman–Crippen LogP) is 4.28. The predicted molar refractivity (Wildman–Crippen MR) is 124 cm³/mol. The van der Waals surface area contributed by atoms with Gasteiger partial charge in [-0.1, -0.05) is 12.1 Å². The summed E-state index contributed by atoms with van der Waals surface area (Å²) in [5.74, 6) is 2.43. The summed E-state index contributed by atoms with van der Waals surface area (Å²) in [5, 5.41) is 2.76. The van der Waals surface area contributed by atoms with Gasteiger partial charge in [-0.25, -0.2) is 4.79 Å². The summed E-state index contributed by atoms with van der Waals surface area (Å²) in [6, 6.07) is 7.87. The van der Waals surface area contributed by atoms with Crippen LogP contribution in [0.15, 0.2) is 24.3 Å². The SMILES string of the molecule is CC(C)([NH3+])CNC(=O)Oc1ccc(C2CCCC3(C2)OOC2(O3)C3CC4CC(C3)CC2C4)cc1. The molecule has 5 aliphatic carbocycles. The smallest absolute Gasteiger partial charge is 0.410 e. The van der Waals surface area contributed by atoms with Crippen LogP contribution in [0.25, 0.3) is 0 Å². The van der Waals surface area contributed by atoms with Gasteiger partial charge in [0.15, 0.2) is 0 Å². The second kappa shape index (κ2) is 8.19. The highest BCUT2D eigenvalue weighted by Crippen LogP contribution is 2.64. The summed E-state index contributed by atoms with van der Waals surface area (Å²) in [7, 11) is 0. The summed E-state index contributed by atoms with van der Waals surface area (Å²) < 4.78 is 12.3. The van der Waals surface area contributed by atoms with E-state index in [9.17, 15) is 4.79 Å². The van der Waals surface area contributed by atoms with Crippen molar-refractivity contribution in [3.05, 3.63) is 29.8 Å². The molecule has 2 atom stereocenters. The quantitative estimate of drug-likeness (QED) is 0.640. The van der Waals surface area contributed by atoms with Crippen molar-refractivity contribution in [3.63, 3.8) is 0 Å². The Labute approximate surface area is 202 Å². The van der Waals surface area contributed by atoms with Gasteiger partial charge < -0.3 is 20.5 Å². The fourth-order valence-corrected chi connectivity index (χ4v) is 7.52. The molecule has 4 bridgehead atoms. The lowest BCUT2D eigenvalue weighted by Crippen LogP contribution is -2.73. The van der Waals surface area contributed by atoms with Gasteiger partial charge in [-0.15, -0.1) is 0 Å². The second-order valence-corrected chi connectivity index (χ2v) is 12.5. The van der Waals surface area contributed by atoms with Crippen molar-refractivity contribution in [2.45, 2.75) is 94.7 Å². The Morgan fingerprint density at radius 2 is 1.76 bits per heavy atom. The lowest BCUT2D eigenvalue weighted by molar-refractivity contribution is -0.462. The van der Waals surface area contributed by atoms with Crippen LogP contribution in [-0.2, 0) is 14.5 Å². The third-order valence-electron chi connectivity index (χ3n) is 8.89. The maximum Gasteiger partial charge on any atom is 0.412 e. The Bertz CT molecular complexity index is 898. The van der Waals surface area contributed by atoms with Crippen molar-refractivity contribution in [1.82, 2.24) is 5.32 Å². The molecule has 2 spiro atoms. The van der Waals surface area contributed by atoms with Crippen molar-refractivity contribution < 1.29 is 29.8 Å². The van der Waals surface area contributed by atoms with Gasteiger partial charge in [0.1, 0.15) is 11.3 Å². The molecule has 0 aromatic heterocycles. The molecule has 1 heterocycles. The van der Waals surface area contributed by atoms with Crippen molar-refractivity contribution in [2.24, 2.45) is 23.7 Å². The average Bonchev–Trinajstić information content (AvgIpc) is 3.15. The topological polar surface area (TPSA) is 93.7 Å².